The summed E-state index contributed by atoms with van der Waals surface area (Å²) < 4.78 is 11.8. The SMILES string of the molecule is O=[S@](C[C@@H]1CCCN1)c1ccncc1. The fraction of sp³-hybridized carbons (Fsp3) is 0.500. The van der Waals surface area contributed by atoms with Crippen molar-refractivity contribution in [2.24, 2.45) is 0 Å². The number of hydrogen-bond donors (Lipinski definition) is 1. The Hall–Kier alpha value is -0.740. The van der Waals surface area contributed by atoms with Gasteiger partial charge in [0.25, 0.3) is 0 Å². The predicted molar refractivity (Wildman–Crippen MR) is 56.5 cm³/mol. The molecule has 0 aromatic carbocycles. The maximum atomic E-state index is 11.8. The molecule has 0 radical (unpaired) electrons. The van der Waals surface area contributed by atoms with Crippen molar-refractivity contribution in [3.63, 3.8) is 0 Å². The third-order valence-electron chi connectivity index (χ3n) is 2.43. The molecule has 76 valence electrons. The maximum Gasteiger partial charge on any atom is 0.0546 e. The Morgan fingerprint density at radius 1 is 1.50 bits per heavy atom. The fourth-order valence-electron chi connectivity index (χ4n) is 1.67. The third kappa shape index (κ3) is 2.39. The molecule has 4 heteroatoms. The van der Waals surface area contributed by atoms with Crippen LogP contribution in [-0.2, 0) is 10.8 Å². The highest BCUT2D eigenvalue weighted by Crippen LogP contribution is 2.11. The van der Waals surface area contributed by atoms with Crippen molar-refractivity contribution < 1.29 is 4.21 Å². The zero-order chi connectivity index (χ0) is 9.80. The molecule has 2 atom stereocenters. The minimum atomic E-state index is -0.876. The van der Waals surface area contributed by atoms with E-state index in [9.17, 15) is 4.21 Å². The quantitative estimate of drug-likeness (QED) is 0.807. The summed E-state index contributed by atoms with van der Waals surface area (Å²) in [4.78, 5) is 4.79. The van der Waals surface area contributed by atoms with E-state index in [4.69, 9.17) is 0 Å². The monoisotopic (exact) mass is 210 g/mol. The van der Waals surface area contributed by atoms with Gasteiger partial charge in [-0.25, -0.2) is 0 Å². The summed E-state index contributed by atoms with van der Waals surface area (Å²) >= 11 is 0. The molecule has 0 spiro atoms. The van der Waals surface area contributed by atoms with E-state index in [0.717, 1.165) is 23.6 Å². The van der Waals surface area contributed by atoms with Crippen molar-refractivity contribution in [3.8, 4) is 0 Å². The number of nitrogens with one attached hydrogen (secondary N) is 1. The minimum Gasteiger partial charge on any atom is -0.313 e. The summed E-state index contributed by atoms with van der Waals surface area (Å²) in [6, 6.07) is 4.08. The van der Waals surface area contributed by atoms with Crippen LogP contribution in [0.4, 0.5) is 0 Å². The Morgan fingerprint density at radius 2 is 2.29 bits per heavy atom. The Kier molecular flexibility index (Phi) is 3.26. The highest BCUT2D eigenvalue weighted by Gasteiger charge is 2.17. The van der Waals surface area contributed by atoms with Crippen molar-refractivity contribution in [2.75, 3.05) is 12.3 Å². The Bertz CT molecular complexity index is 309. The van der Waals surface area contributed by atoms with Gasteiger partial charge in [-0.2, -0.15) is 0 Å². The van der Waals surface area contributed by atoms with Crippen LogP contribution in [-0.4, -0.2) is 27.5 Å². The van der Waals surface area contributed by atoms with Gasteiger partial charge in [-0.15, -0.1) is 0 Å². The van der Waals surface area contributed by atoms with Crippen molar-refractivity contribution >= 4 is 10.8 Å². The van der Waals surface area contributed by atoms with Gasteiger partial charge >= 0.3 is 0 Å². The van der Waals surface area contributed by atoms with E-state index in [0.29, 0.717) is 6.04 Å². The second-order valence-corrected chi connectivity index (χ2v) is 4.98. The lowest BCUT2D eigenvalue weighted by Gasteiger charge is -2.08. The smallest absolute Gasteiger partial charge is 0.0546 e. The van der Waals surface area contributed by atoms with Crippen LogP contribution < -0.4 is 5.32 Å². The molecule has 0 unspecified atom stereocenters. The lowest BCUT2D eigenvalue weighted by Crippen LogP contribution is -2.27. The van der Waals surface area contributed by atoms with Crippen LogP contribution in [0.1, 0.15) is 12.8 Å². The van der Waals surface area contributed by atoms with E-state index >= 15 is 0 Å². The van der Waals surface area contributed by atoms with Crippen LogP contribution >= 0.6 is 0 Å². The Balaban J connectivity index is 1.95. The fourth-order valence-corrected chi connectivity index (χ4v) is 2.94. The van der Waals surface area contributed by atoms with E-state index in [1.807, 2.05) is 12.1 Å². The average Bonchev–Trinajstić information content (AvgIpc) is 2.72. The lowest BCUT2D eigenvalue weighted by atomic mass is 10.3. The van der Waals surface area contributed by atoms with Gasteiger partial charge in [-0.3, -0.25) is 9.19 Å². The molecule has 0 bridgehead atoms. The number of aromatic nitrogens is 1. The average molecular weight is 210 g/mol. The van der Waals surface area contributed by atoms with E-state index in [1.54, 1.807) is 12.4 Å². The van der Waals surface area contributed by atoms with Crippen molar-refractivity contribution in [1.29, 1.82) is 0 Å². The van der Waals surface area contributed by atoms with Gasteiger partial charge in [-0.1, -0.05) is 0 Å². The molecule has 1 saturated heterocycles. The highest BCUT2D eigenvalue weighted by molar-refractivity contribution is 7.85. The molecule has 1 aromatic rings. The van der Waals surface area contributed by atoms with Crippen LogP contribution in [0.15, 0.2) is 29.4 Å². The number of hydrogen-bond acceptors (Lipinski definition) is 3. The highest BCUT2D eigenvalue weighted by atomic mass is 32.2. The Labute approximate surface area is 86.4 Å². The van der Waals surface area contributed by atoms with Gasteiger partial charge in [0.1, 0.15) is 0 Å². The molecular weight excluding hydrogens is 196 g/mol. The molecule has 1 fully saturated rings. The first-order valence-corrected chi connectivity index (χ1v) is 6.20. The van der Waals surface area contributed by atoms with Crippen LogP contribution in [0.3, 0.4) is 0 Å². The Morgan fingerprint density at radius 3 is 2.93 bits per heavy atom. The van der Waals surface area contributed by atoms with Crippen molar-refractivity contribution in [2.45, 2.75) is 23.8 Å². The lowest BCUT2D eigenvalue weighted by molar-refractivity contribution is 0.643. The summed E-state index contributed by atoms with van der Waals surface area (Å²) in [5.74, 6) is 0.726. The van der Waals surface area contributed by atoms with Crippen LogP contribution in [0.5, 0.6) is 0 Å². The molecular formula is C10H14N2OS. The van der Waals surface area contributed by atoms with E-state index in [2.05, 4.69) is 10.3 Å². The normalized spacial score (nSPS) is 23.6. The van der Waals surface area contributed by atoms with E-state index in [-0.39, 0.29) is 0 Å². The van der Waals surface area contributed by atoms with Crippen LogP contribution in [0, 0.1) is 0 Å². The van der Waals surface area contributed by atoms with Crippen molar-refractivity contribution in [3.05, 3.63) is 24.5 Å². The standard InChI is InChI=1S/C10H14N2OS/c13-14(8-9-2-1-5-12-9)10-3-6-11-7-4-10/h3-4,6-7,9,12H,1-2,5,8H2/t9-,14+/m0/s1. The van der Waals surface area contributed by atoms with Crippen LogP contribution in [0.25, 0.3) is 0 Å². The molecule has 1 N–H and O–H groups in total. The second kappa shape index (κ2) is 4.66. The summed E-state index contributed by atoms with van der Waals surface area (Å²) in [7, 11) is -0.876. The summed E-state index contributed by atoms with van der Waals surface area (Å²) in [6.07, 6.45) is 5.74. The molecule has 2 heterocycles. The van der Waals surface area contributed by atoms with E-state index < -0.39 is 10.8 Å². The van der Waals surface area contributed by atoms with Gasteiger partial charge in [-0.05, 0) is 31.5 Å². The van der Waals surface area contributed by atoms with E-state index in [1.165, 1.54) is 6.42 Å². The van der Waals surface area contributed by atoms with Gasteiger partial charge in [0, 0.05) is 29.1 Å². The molecule has 0 saturated carbocycles. The second-order valence-electron chi connectivity index (χ2n) is 3.49. The third-order valence-corrected chi connectivity index (χ3v) is 3.93. The number of nitrogens with zero attached hydrogens (tertiary/aromatic N) is 1. The van der Waals surface area contributed by atoms with Crippen molar-refractivity contribution in [1.82, 2.24) is 10.3 Å². The number of pyridine rings is 1. The maximum absolute atomic E-state index is 11.8. The number of rotatable bonds is 3. The summed E-state index contributed by atoms with van der Waals surface area (Å²) in [5.41, 5.74) is 0. The molecule has 0 aliphatic carbocycles. The first kappa shape index (κ1) is 9.80. The molecule has 2 rings (SSSR count). The summed E-state index contributed by atoms with van der Waals surface area (Å²) in [5, 5.41) is 3.35. The zero-order valence-electron chi connectivity index (χ0n) is 7.98. The largest absolute Gasteiger partial charge is 0.313 e. The predicted octanol–water partition coefficient (Wildman–Crippen LogP) is 0.941. The first-order chi connectivity index (χ1) is 6.86. The zero-order valence-corrected chi connectivity index (χ0v) is 8.80. The van der Waals surface area contributed by atoms with Gasteiger partial charge in [0.05, 0.1) is 10.8 Å². The molecule has 1 aromatic heterocycles. The summed E-state index contributed by atoms with van der Waals surface area (Å²) in [6.45, 7) is 1.07. The molecule has 3 nitrogen and oxygen atoms in total. The molecule has 14 heavy (non-hydrogen) atoms. The van der Waals surface area contributed by atoms with Gasteiger partial charge in [0.2, 0.25) is 0 Å². The van der Waals surface area contributed by atoms with Gasteiger partial charge in [0.15, 0.2) is 0 Å². The van der Waals surface area contributed by atoms with Crippen LogP contribution in [0.2, 0.25) is 0 Å². The first-order valence-electron chi connectivity index (χ1n) is 4.88. The van der Waals surface area contributed by atoms with Gasteiger partial charge < -0.3 is 5.32 Å². The molecule has 0 amide bonds. The molecule has 1 aliphatic rings. The molecule has 1 aliphatic heterocycles. The minimum absolute atomic E-state index is 0.434. The topological polar surface area (TPSA) is 42.0 Å².